The Morgan fingerprint density at radius 1 is 1.56 bits per heavy atom. The first-order valence-electron chi connectivity index (χ1n) is 4.76. The van der Waals surface area contributed by atoms with Gasteiger partial charge < -0.3 is 10.2 Å². The number of halogens is 2. The van der Waals surface area contributed by atoms with Crippen LogP contribution in [0.15, 0.2) is 22.7 Å². The fourth-order valence-corrected chi connectivity index (χ4v) is 1.93. The van der Waals surface area contributed by atoms with Crippen molar-refractivity contribution in [1.29, 1.82) is 0 Å². The van der Waals surface area contributed by atoms with Crippen LogP contribution in [0.4, 0.5) is 0 Å². The van der Waals surface area contributed by atoms with Crippen LogP contribution in [0.1, 0.15) is 25.0 Å². The van der Waals surface area contributed by atoms with Crippen LogP contribution < -0.4 is 0 Å². The molecule has 0 radical (unpaired) electrons. The van der Waals surface area contributed by atoms with Gasteiger partial charge in [0, 0.05) is 4.47 Å². The number of hydrogen-bond acceptors (Lipinski definition) is 2. The highest BCUT2D eigenvalue weighted by atomic mass is 79.9. The monoisotopic (exact) mass is 306 g/mol. The summed E-state index contributed by atoms with van der Waals surface area (Å²) in [7, 11) is 0. The molecule has 88 valence electrons. The first-order chi connectivity index (χ1) is 7.41. The van der Waals surface area contributed by atoms with Crippen molar-refractivity contribution < 1.29 is 15.0 Å². The number of aliphatic hydroxyl groups excluding tert-OH is 1. The van der Waals surface area contributed by atoms with E-state index in [9.17, 15) is 9.90 Å². The van der Waals surface area contributed by atoms with Crippen LogP contribution in [0.3, 0.4) is 0 Å². The highest BCUT2D eigenvalue weighted by Gasteiger charge is 2.19. The molecular weight excluding hydrogens is 295 g/mol. The number of carboxylic acid groups (broad SMARTS) is 1. The Bertz CT molecular complexity index is 395. The molecule has 2 N–H and O–H groups in total. The zero-order valence-corrected chi connectivity index (χ0v) is 11.0. The van der Waals surface area contributed by atoms with Crippen LogP contribution in [0.25, 0.3) is 0 Å². The summed E-state index contributed by atoms with van der Waals surface area (Å²) in [5.41, 5.74) is 0.657. The minimum absolute atomic E-state index is 0.0680. The second kappa shape index (κ2) is 5.66. The van der Waals surface area contributed by atoms with Gasteiger partial charge in [0.15, 0.2) is 0 Å². The molecule has 0 fully saturated rings. The van der Waals surface area contributed by atoms with Crippen molar-refractivity contribution in [3.63, 3.8) is 0 Å². The molecule has 0 bridgehead atoms. The van der Waals surface area contributed by atoms with Crippen molar-refractivity contribution >= 4 is 33.5 Å². The lowest BCUT2D eigenvalue weighted by atomic mass is 9.95. The summed E-state index contributed by atoms with van der Waals surface area (Å²) in [5.74, 6) is -1.26. The normalized spacial score (nSPS) is 14.5. The maximum Gasteiger partial charge on any atom is 0.303 e. The van der Waals surface area contributed by atoms with Crippen LogP contribution in [0, 0.1) is 5.92 Å². The van der Waals surface area contributed by atoms with Crippen LogP contribution in [0.5, 0.6) is 0 Å². The Balaban J connectivity index is 2.83. The average Bonchev–Trinajstić information content (AvgIpc) is 2.20. The zero-order chi connectivity index (χ0) is 12.3. The Labute approximate surface area is 107 Å². The molecule has 0 saturated carbocycles. The predicted molar refractivity (Wildman–Crippen MR) is 65.5 cm³/mol. The van der Waals surface area contributed by atoms with Crippen molar-refractivity contribution in [2.45, 2.75) is 19.4 Å². The number of rotatable bonds is 4. The molecule has 3 nitrogen and oxygen atoms in total. The van der Waals surface area contributed by atoms with Crippen molar-refractivity contribution in [2.75, 3.05) is 0 Å². The van der Waals surface area contributed by atoms with E-state index in [0.29, 0.717) is 15.1 Å². The van der Waals surface area contributed by atoms with E-state index in [-0.39, 0.29) is 12.3 Å². The summed E-state index contributed by atoms with van der Waals surface area (Å²) < 4.78 is 0.688. The van der Waals surface area contributed by atoms with Gasteiger partial charge in [-0.1, -0.05) is 24.6 Å². The van der Waals surface area contributed by atoms with E-state index in [1.807, 2.05) is 0 Å². The Morgan fingerprint density at radius 3 is 2.69 bits per heavy atom. The van der Waals surface area contributed by atoms with E-state index in [1.165, 1.54) is 0 Å². The molecule has 0 spiro atoms. The molecule has 5 heteroatoms. The first-order valence-corrected chi connectivity index (χ1v) is 5.93. The molecule has 1 aromatic carbocycles. The quantitative estimate of drug-likeness (QED) is 0.898. The summed E-state index contributed by atoms with van der Waals surface area (Å²) in [6, 6.07) is 5.05. The molecule has 0 heterocycles. The van der Waals surface area contributed by atoms with E-state index in [2.05, 4.69) is 15.9 Å². The predicted octanol–water partition coefficient (Wildman–Crippen LogP) is 3.25. The fourth-order valence-electron chi connectivity index (χ4n) is 1.41. The molecule has 0 saturated heterocycles. The smallest absolute Gasteiger partial charge is 0.303 e. The molecule has 0 aliphatic carbocycles. The van der Waals surface area contributed by atoms with E-state index in [4.69, 9.17) is 16.7 Å². The van der Waals surface area contributed by atoms with Crippen molar-refractivity contribution in [2.24, 2.45) is 5.92 Å². The van der Waals surface area contributed by atoms with Crippen molar-refractivity contribution in [3.8, 4) is 0 Å². The zero-order valence-electron chi connectivity index (χ0n) is 8.65. The van der Waals surface area contributed by atoms with Crippen LogP contribution in [-0.4, -0.2) is 16.2 Å². The lowest BCUT2D eigenvalue weighted by Gasteiger charge is -2.17. The molecule has 16 heavy (non-hydrogen) atoms. The molecule has 0 aromatic heterocycles. The van der Waals surface area contributed by atoms with Gasteiger partial charge in [-0.15, -0.1) is 0 Å². The molecular formula is C11H12BrClO3. The molecule has 0 aliphatic heterocycles. The van der Waals surface area contributed by atoms with Crippen molar-refractivity contribution in [1.82, 2.24) is 0 Å². The van der Waals surface area contributed by atoms with Crippen LogP contribution >= 0.6 is 27.5 Å². The average molecular weight is 308 g/mol. The Kier molecular flexibility index (Phi) is 4.77. The van der Waals surface area contributed by atoms with E-state index < -0.39 is 12.1 Å². The van der Waals surface area contributed by atoms with Gasteiger partial charge in [0.1, 0.15) is 0 Å². The van der Waals surface area contributed by atoms with E-state index >= 15 is 0 Å². The summed E-state index contributed by atoms with van der Waals surface area (Å²) in [5, 5.41) is 19.1. The number of aliphatic hydroxyl groups is 1. The third-order valence-electron chi connectivity index (χ3n) is 2.32. The van der Waals surface area contributed by atoms with Crippen LogP contribution in [0.2, 0.25) is 5.02 Å². The molecule has 1 aromatic rings. The fraction of sp³-hybridized carbons (Fsp3) is 0.364. The minimum atomic E-state index is -0.917. The van der Waals surface area contributed by atoms with Crippen LogP contribution in [-0.2, 0) is 4.79 Å². The molecule has 1 rings (SSSR count). The summed E-state index contributed by atoms with van der Waals surface area (Å²) in [6.07, 6.45) is -0.869. The number of benzene rings is 1. The lowest BCUT2D eigenvalue weighted by molar-refractivity contribution is -0.139. The second-order valence-electron chi connectivity index (χ2n) is 3.69. The molecule has 0 aliphatic rings. The Hall–Kier alpha value is -0.580. The van der Waals surface area contributed by atoms with E-state index in [1.54, 1.807) is 25.1 Å². The second-order valence-corrected chi connectivity index (χ2v) is 4.96. The minimum Gasteiger partial charge on any atom is -0.481 e. The maximum atomic E-state index is 10.5. The molecule has 0 amide bonds. The first kappa shape index (κ1) is 13.5. The number of aliphatic carboxylic acids is 1. The molecule has 2 unspecified atom stereocenters. The van der Waals surface area contributed by atoms with Gasteiger partial charge in [0.2, 0.25) is 0 Å². The molecule has 2 atom stereocenters. The third-order valence-corrected chi connectivity index (χ3v) is 3.53. The van der Waals surface area contributed by atoms with Gasteiger partial charge in [0.05, 0.1) is 17.5 Å². The summed E-state index contributed by atoms with van der Waals surface area (Å²) in [6.45, 7) is 1.70. The van der Waals surface area contributed by atoms with Gasteiger partial charge >= 0.3 is 5.97 Å². The van der Waals surface area contributed by atoms with Gasteiger partial charge in [-0.05, 0) is 39.5 Å². The topological polar surface area (TPSA) is 57.5 Å². The summed E-state index contributed by atoms with van der Waals surface area (Å²) in [4.78, 5) is 10.5. The van der Waals surface area contributed by atoms with Gasteiger partial charge in [-0.2, -0.15) is 0 Å². The third kappa shape index (κ3) is 3.47. The van der Waals surface area contributed by atoms with Crippen molar-refractivity contribution in [3.05, 3.63) is 33.3 Å². The van der Waals surface area contributed by atoms with Gasteiger partial charge in [-0.3, -0.25) is 4.79 Å². The van der Waals surface area contributed by atoms with E-state index in [0.717, 1.165) is 0 Å². The standard InChI is InChI=1S/C11H12BrClO3/c1-6(4-10(14)15)11(16)7-2-3-9(13)8(12)5-7/h2-3,5-6,11,16H,4H2,1H3,(H,14,15). The SMILES string of the molecule is CC(CC(=O)O)C(O)c1ccc(Cl)c(Br)c1. The van der Waals surface area contributed by atoms with Gasteiger partial charge in [0.25, 0.3) is 0 Å². The number of carboxylic acids is 1. The largest absolute Gasteiger partial charge is 0.481 e. The number of carbonyl (C=O) groups is 1. The van der Waals surface area contributed by atoms with Gasteiger partial charge in [-0.25, -0.2) is 0 Å². The highest BCUT2D eigenvalue weighted by Crippen LogP contribution is 2.30. The Morgan fingerprint density at radius 2 is 2.19 bits per heavy atom. The lowest BCUT2D eigenvalue weighted by Crippen LogP contribution is -2.13. The number of hydrogen-bond donors (Lipinski definition) is 2. The maximum absolute atomic E-state index is 10.5. The summed E-state index contributed by atoms with van der Waals surface area (Å²) >= 11 is 9.08. The highest BCUT2D eigenvalue weighted by molar-refractivity contribution is 9.10.